The highest BCUT2D eigenvalue weighted by Gasteiger charge is 2.19. The monoisotopic (exact) mass is 438 g/mol. The van der Waals surface area contributed by atoms with Crippen LogP contribution in [0.4, 0.5) is 4.79 Å². The summed E-state index contributed by atoms with van der Waals surface area (Å²) in [6, 6.07) is 13.5. The number of nitrogens with zero attached hydrogens (tertiary/aromatic N) is 1. The van der Waals surface area contributed by atoms with Gasteiger partial charge in [0.25, 0.3) is 0 Å². The van der Waals surface area contributed by atoms with Crippen LogP contribution in [-0.2, 0) is 17.8 Å². The van der Waals surface area contributed by atoms with Crippen LogP contribution in [0.1, 0.15) is 49.9 Å². The first kappa shape index (κ1) is 25.7. The van der Waals surface area contributed by atoms with Crippen molar-refractivity contribution in [1.29, 1.82) is 0 Å². The molecule has 6 nitrogen and oxygen atoms in total. The number of ether oxygens (including phenoxy) is 1. The van der Waals surface area contributed by atoms with Crippen molar-refractivity contribution in [1.82, 2.24) is 10.2 Å². The van der Waals surface area contributed by atoms with E-state index in [1.54, 1.807) is 12.1 Å². The number of carbonyl (C=O) groups excluding carboxylic acids is 1. The van der Waals surface area contributed by atoms with Crippen LogP contribution in [0.25, 0.3) is 6.08 Å². The average Bonchev–Trinajstić information content (AvgIpc) is 2.69. The molecule has 2 aromatic carbocycles. The van der Waals surface area contributed by atoms with Crippen molar-refractivity contribution in [2.45, 2.75) is 53.3 Å². The normalized spacial score (nSPS) is 11.8. The van der Waals surface area contributed by atoms with Gasteiger partial charge in [-0.25, -0.2) is 4.79 Å². The molecule has 2 aromatic rings. The molecule has 7 heteroatoms. The number of benzene rings is 2. The molecule has 0 aliphatic carbocycles. The Balaban J connectivity index is 2.22. The Bertz CT molecular complexity index is 922. The van der Waals surface area contributed by atoms with E-state index in [1.807, 2.05) is 52.0 Å². The third-order valence-corrected chi connectivity index (χ3v) is 4.97. The Morgan fingerprint density at radius 1 is 1.09 bits per heavy atom. The van der Waals surface area contributed by atoms with Crippen LogP contribution < -0.4 is 10.8 Å². The maximum atomic E-state index is 12.1. The molecule has 0 radical (unpaired) electrons. The lowest BCUT2D eigenvalue weighted by atomic mass is 9.77. The summed E-state index contributed by atoms with van der Waals surface area (Å²) >= 11 is 0. The Labute approximate surface area is 192 Å². The Morgan fingerprint density at radius 2 is 1.75 bits per heavy atom. The molecule has 0 aromatic heterocycles. The van der Waals surface area contributed by atoms with Gasteiger partial charge in [0.2, 0.25) is 0 Å². The van der Waals surface area contributed by atoms with E-state index in [1.165, 1.54) is 16.7 Å². The zero-order valence-corrected chi connectivity index (χ0v) is 19.8. The van der Waals surface area contributed by atoms with Crippen molar-refractivity contribution in [2.75, 3.05) is 13.1 Å². The van der Waals surface area contributed by atoms with Crippen LogP contribution in [0.15, 0.2) is 48.5 Å². The highest BCUT2D eigenvalue weighted by Crippen LogP contribution is 2.19. The third kappa shape index (κ3) is 8.15. The fourth-order valence-corrected chi connectivity index (χ4v) is 3.54. The molecule has 0 atom stereocenters. The minimum atomic E-state index is -1.54. The first-order valence-corrected chi connectivity index (χ1v) is 10.9. The largest absolute Gasteiger partial charge is 0.488 e. The fraction of sp³-hybridized carbons (Fsp3) is 0.400. The summed E-state index contributed by atoms with van der Waals surface area (Å²) in [6.45, 7) is 11.7. The van der Waals surface area contributed by atoms with E-state index in [-0.39, 0.29) is 0 Å². The summed E-state index contributed by atoms with van der Waals surface area (Å²) in [6.07, 6.45) is 3.68. The zero-order chi connectivity index (χ0) is 23.7. The molecule has 0 heterocycles. The van der Waals surface area contributed by atoms with Crippen molar-refractivity contribution < 1.29 is 19.6 Å². The molecule has 2 rings (SSSR count). The van der Waals surface area contributed by atoms with Crippen molar-refractivity contribution in [3.05, 3.63) is 70.8 Å². The topological polar surface area (TPSA) is 82.0 Å². The van der Waals surface area contributed by atoms with Gasteiger partial charge < -0.3 is 20.1 Å². The zero-order valence-electron chi connectivity index (χ0n) is 19.8. The van der Waals surface area contributed by atoms with E-state index in [0.717, 1.165) is 5.56 Å². The van der Waals surface area contributed by atoms with E-state index >= 15 is 0 Å². The number of hydrogen-bond acceptors (Lipinski definition) is 5. The summed E-state index contributed by atoms with van der Waals surface area (Å²) in [7, 11) is -1.54. The van der Waals surface area contributed by atoms with E-state index in [9.17, 15) is 14.8 Å². The smallest absolute Gasteiger partial charge is 0.444 e. The number of aryl methyl sites for hydroxylation is 1. The summed E-state index contributed by atoms with van der Waals surface area (Å²) in [5.41, 5.74) is 4.30. The standard InChI is InChI=1S/C25H35BN2O4/c1-6-10-22-19(2)11-9-13-20(22)17-28(16-15-27-24(29)32-25(3,4)5)18-21-12-7-8-14-23(21)26(30)31/h6-14,30-31H,15-18H2,1-5H3,(H,27,29)/b10-6-. The molecule has 0 saturated heterocycles. The lowest BCUT2D eigenvalue weighted by Gasteiger charge is -2.26. The van der Waals surface area contributed by atoms with Crippen LogP contribution in [0.5, 0.6) is 0 Å². The maximum Gasteiger partial charge on any atom is 0.488 e. The highest BCUT2D eigenvalue weighted by molar-refractivity contribution is 6.59. The van der Waals surface area contributed by atoms with Crippen LogP contribution >= 0.6 is 0 Å². The second-order valence-corrected chi connectivity index (χ2v) is 8.86. The maximum absolute atomic E-state index is 12.1. The number of allylic oxidation sites excluding steroid dienone is 1. The number of rotatable bonds is 9. The first-order chi connectivity index (χ1) is 15.1. The predicted octanol–water partition coefficient (Wildman–Crippen LogP) is 3.23. The van der Waals surface area contributed by atoms with Crippen molar-refractivity contribution in [3.8, 4) is 0 Å². The Hall–Kier alpha value is -2.61. The fourth-order valence-electron chi connectivity index (χ4n) is 3.54. The molecule has 0 aliphatic rings. The molecular weight excluding hydrogens is 403 g/mol. The van der Waals surface area contributed by atoms with Gasteiger partial charge in [-0.15, -0.1) is 0 Å². The molecule has 32 heavy (non-hydrogen) atoms. The minimum absolute atomic E-state index is 0.406. The van der Waals surface area contributed by atoms with Crippen LogP contribution in [0.2, 0.25) is 0 Å². The lowest BCUT2D eigenvalue weighted by molar-refractivity contribution is 0.0521. The third-order valence-electron chi connectivity index (χ3n) is 4.97. The van der Waals surface area contributed by atoms with Gasteiger partial charge in [-0.2, -0.15) is 0 Å². The summed E-state index contributed by atoms with van der Waals surface area (Å²) in [4.78, 5) is 14.2. The predicted molar refractivity (Wildman–Crippen MR) is 131 cm³/mol. The highest BCUT2D eigenvalue weighted by atomic mass is 16.6. The van der Waals surface area contributed by atoms with Gasteiger partial charge in [0.1, 0.15) is 5.60 Å². The number of amides is 1. The number of carbonyl (C=O) groups is 1. The molecule has 0 saturated carbocycles. The van der Waals surface area contributed by atoms with Crippen molar-refractivity contribution >= 4 is 24.8 Å². The van der Waals surface area contributed by atoms with Gasteiger partial charge in [-0.05, 0) is 62.3 Å². The van der Waals surface area contributed by atoms with Crippen molar-refractivity contribution in [2.24, 2.45) is 0 Å². The number of nitrogens with one attached hydrogen (secondary N) is 1. The van der Waals surface area contributed by atoms with Crippen LogP contribution in [-0.4, -0.2) is 46.9 Å². The first-order valence-electron chi connectivity index (χ1n) is 10.9. The quantitative estimate of drug-likeness (QED) is 0.524. The molecule has 0 unspecified atom stereocenters. The Morgan fingerprint density at radius 3 is 2.41 bits per heavy atom. The molecular formula is C25H35BN2O4. The van der Waals surface area contributed by atoms with E-state index < -0.39 is 18.8 Å². The van der Waals surface area contributed by atoms with Gasteiger partial charge in [0.05, 0.1) is 0 Å². The lowest BCUT2D eigenvalue weighted by Crippen LogP contribution is -2.39. The molecule has 0 fully saturated rings. The second-order valence-electron chi connectivity index (χ2n) is 8.86. The average molecular weight is 438 g/mol. The van der Waals surface area contributed by atoms with E-state index in [0.29, 0.717) is 31.6 Å². The summed E-state index contributed by atoms with van der Waals surface area (Å²) < 4.78 is 5.33. The molecule has 0 bridgehead atoms. The van der Waals surface area contributed by atoms with E-state index in [4.69, 9.17) is 4.74 Å². The Kier molecular flexibility index (Phi) is 9.51. The summed E-state index contributed by atoms with van der Waals surface area (Å²) in [5.74, 6) is 0. The molecule has 3 N–H and O–H groups in total. The molecule has 0 spiro atoms. The number of hydrogen-bond donors (Lipinski definition) is 3. The van der Waals surface area contributed by atoms with Crippen LogP contribution in [0, 0.1) is 6.92 Å². The van der Waals surface area contributed by atoms with Crippen LogP contribution in [0.3, 0.4) is 0 Å². The number of alkyl carbamates (subject to hydrolysis) is 1. The minimum Gasteiger partial charge on any atom is -0.444 e. The van der Waals surface area contributed by atoms with E-state index in [2.05, 4.69) is 35.3 Å². The van der Waals surface area contributed by atoms with Gasteiger partial charge in [-0.1, -0.05) is 54.6 Å². The SMILES string of the molecule is C/C=C\c1c(C)cccc1CN(CCNC(=O)OC(C)(C)C)Cc1ccccc1B(O)O. The second kappa shape index (κ2) is 11.9. The summed E-state index contributed by atoms with van der Waals surface area (Å²) in [5, 5.41) is 22.4. The van der Waals surface area contributed by atoms with Gasteiger partial charge in [0.15, 0.2) is 0 Å². The van der Waals surface area contributed by atoms with Gasteiger partial charge in [0, 0.05) is 26.2 Å². The molecule has 0 aliphatic heterocycles. The van der Waals surface area contributed by atoms with Gasteiger partial charge >= 0.3 is 13.2 Å². The van der Waals surface area contributed by atoms with Crippen molar-refractivity contribution in [3.63, 3.8) is 0 Å². The van der Waals surface area contributed by atoms with Gasteiger partial charge in [-0.3, -0.25) is 4.90 Å². The molecule has 1 amide bonds. The molecule has 172 valence electrons.